The van der Waals surface area contributed by atoms with Gasteiger partial charge in [0, 0.05) is 11.1 Å². The molecule has 0 fully saturated rings. The third-order valence-corrected chi connectivity index (χ3v) is 1.46. The van der Waals surface area contributed by atoms with Gasteiger partial charge in [0.1, 0.15) is 18.3 Å². The molecular formula is C9H8O3. The maximum atomic E-state index is 10.4. The lowest BCUT2D eigenvalue weighted by molar-refractivity contribution is 0.112. The molecule has 1 aromatic carbocycles. The lowest BCUT2D eigenvalue weighted by atomic mass is 10.1. The van der Waals surface area contributed by atoms with E-state index in [2.05, 4.69) is 0 Å². The first-order chi connectivity index (χ1) is 5.80. The van der Waals surface area contributed by atoms with E-state index in [-0.39, 0.29) is 0 Å². The van der Waals surface area contributed by atoms with Crippen molar-refractivity contribution in [3.63, 3.8) is 0 Å². The van der Waals surface area contributed by atoms with Gasteiger partial charge in [-0.05, 0) is 18.2 Å². The molecule has 0 atom stereocenters. The molecule has 0 saturated carbocycles. The van der Waals surface area contributed by atoms with Crippen molar-refractivity contribution in [2.45, 2.75) is 0 Å². The van der Waals surface area contributed by atoms with Gasteiger partial charge < -0.3 is 4.74 Å². The first-order valence-corrected chi connectivity index (χ1v) is 3.39. The number of rotatable bonds is 3. The van der Waals surface area contributed by atoms with E-state index in [0.717, 1.165) is 0 Å². The van der Waals surface area contributed by atoms with Crippen LogP contribution >= 0.6 is 0 Å². The van der Waals surface area contributed by atoms with Crippen molar-refractivity contribution in [3.8, 4) is 5.75 Å². The molecule has 1 aromatic rings. The van der Waals surface area contributed by atoms with Gasteiger partial charge >= 0.3 is 0 Å². The van der Waals surface area contributed by atoms with E-state index < -0.39 is 0 Å². The Hall–Kier alpha value is -1.64. The van der Waals surface area contributed by atoms with Crippen LogP contribution in [0, 0.1) is 0 Å². The molecule has 0 aromatic heterocycles. The number of aldehydes is 2. The van der Waals surface area contributed by atoms with Crippen molar-refractivity contribution in [3.05, 3.63) is 29.3 Å². The molecular weight excluding hydrogens is 156 g/mol. The van der Waals surface area contributed by atoms with Crippen molar-refractivity contribution in [1.29, 1.82) is 0 Å². The minimum absolute atomic E-state index is 0.441. The van der Waals surface area contributed by atoms with Gasteiger partial charge in [-0.15, -0.1) is 0 Å². The Kier molecular flexibility index (Phi) is 2.58. The number of benzene rings is 1. The molecule has 0 amide bonds. The number of hydrogen-bond acceptors (Lipinski definition) is 3. The monoisotopic (exact) mass is 164 g/mol. The van der Waals surface area contributed by atoms with Crippen LogP contribution in [-0.2, 0) is 0 Å². The highest BCUT2D eigenvalue weighted by Crippen LogP contribution is 2.14. The predicted molar refractivity (Wildman–Crippen MR) is 43.8 cm³/mol. The fourth-order valence-electron chi connectivity index (χ4n) is 0.900. The van der Waals surface area contributed by atoms with Gasteiger partial charge in [-0.2, -0.15) is 0 Å². The second-order valence-corrected chi connectivity index (χ2v) is 2.28. The van der Waals surface area contributed by atoms with E-state index in [1.165, 1.54) is 13.2 Å². The van der Waals surface area contributed by atoms with E-state index in [0.29, 0.717) is 29.4 Å². The Morgan fingerprint density at radius 3 is 1.92 bits per heavy atom. The van der Waals surface area contributed by atoms with Gasteiger partial charge in [0.15, 0.2) is 0 Å². The zero-order valence-corrected chi connectivity index (χ0v) is 6.61. The Morgan fingerprint density at radius 2 is 1.58 bits per heavy atom. The van der Waals surface area contributed by atoms with Crippen molar-refractivity contribution in [2.24, 2.45) is 0 Å². The molecule has 0 aliphatic carbocycles. The van der Waals surface area contributed by atoms with Gasteiger partial charge in [0.05, 0.1) is 7.11 Å². The summed E-state index contributed by atoms with van der Waals surface area (Å²) in [7, 11) is 1.48. The molecule has 62 valence electrons. The van der Waals surface area contributed by atoms with Crippen molar-refractivity contribution >= 4 is 12.6 Å². The maximum absolute atomic E-state index is 10.4. The Morgan fingerprint density at radius 1 is 1.08 bits per heavy atom. The average molecular weight is 164 g/mol. The number of hydrogen-bond donors (Lipinski definition) is 0. The zero-order chi connectivity index (χ0) is 8.97. The minimum atomic E-state index is 0.441. The van der Waals surface area contributed by atoms with E-state index in [4.69, 9.17) is 4.74 Å². The second kappa shape index (κ2) is 3.67. The van der Waals surface area contributed by atoms with Gasteiger partial charge in [-0.25, -0.2) is 0 Å². The molecule has 0 spiro atoms. The van der Waals surface area contributed by atoms with Gasteiger partial charge in [0.25, 0.3) is 0 Å². The summed E-state index contributed by atoms with van der Waals surface area (Å²) in [6, 6.07) is 4.64. The summed E-state index contributed by atoms with van der Waals surface area (Å²) in [6.07, 6.45) is 1.35. The lowest BCUT2D eigenvalue weighted by Gasteiger charge is -2.00. The van der Waals surface area contributed by atoms with Crippen LogP contribution in [0.5, 0.6) is 5.75 Å². The van der Waals surface area contributed by atoms with Crippen molar-refractivity contribution < 1.29 is 14.3 Å². The van der Waals surface area contributed by atoms with Gasteiger partial charge in [-0.3, -0.25) is 9.59 Å². The first kappa shape index (κ1) is 8.46. The Bertz CT molecular complexity index is 278. The maximum Gasteiger partial charge on any atom is 0.150 e. The molecule has 0 N–H and O–H groups in total. The highest BCUT2D eigenvalue weighted by molar-refractivity contribution is 5.83. The van der Waals surface area contributed by atoms with Crippen LogP contribution in [0.2, 0.25) is 0 Å². The van der Waals surface area contributed by atoms with Crippen molar-refractivity contribution in [1.82, 2.24) is 0 Å². The van der Waals surface area contributed by atoms with E-state index in [1.54, 1.807) is 12.1 Å². The Labute approximate surface area is 70.0 Å². The molecule has 1 rings (SSSR count). The minimum Gasteiger partial charge on any atom is -0.497 e. The number of carbonyl (C=O) groups is 2. The molecule has 0 saturated heterocycles. The number of ether oxygens (including phenoxy) is 1. The predicted octanol–water partition coefficient (Wildman–Crippen LogP) is 1.32. The molecule has 3 heteroatoms. The quantitative estimate of drug-likeness (QED) is 0.633. The third-order valence-electron chi connectivity index (χ3n) is 1.46. The Balaban J connectivity index is 3.18. The van der Waals surface area contributed by atoms with Crippen LogP contribution in [0.3, 0.4) is 0 Å². The molecule has 3 nitrogen and oxygen atoms in total. The van der Waals surface area contributed by atoms with Crippen LogP contribution in [0.1, 0.15) is 20.7 Å². The third kappa shape index (κ3) is 1.69. The summed E-state index contributed by atoms with van der Waals surface area (Å²) in [6.45, 7) is 0. The van der Waals surface area contributed by atoms with E-state index >= 15 is 0 Å². The average Bonchev–Trinajstić information content (AvgIpc) is 2.16. The fourth-order valence-corrected chi connectivity index (χ4v) is 0.900. The molecule has 0 aliphatic rings. The van der Waals surface area contributed by atoms with Crippen LogP contribution in [-0.4, -0.2) is 19.7 Å². The summed E-state index contributed by atoms with van der Waals surface area (Å²) < 4.78 is 4.88. The molecule has 0 unspecified atom stereocenters. The summed E-state index contributed by atoms with van der Waals surface area (Å²) in [4.78, 5) is 20.7. The van der Waals surface area contributed by atoms with Crippen LogP contribution in [0.4, 0.5) is 0 Å². The van der Waals surface area contributed by atoms with E-state index in [1.807, 2.05) is 0 Å². The fraction of sp³-hybridized carbons (Fsp3) is 0.111. The SMILES string of the molecule is COc1cc(C=O)cc(C=O)c1. The largest absolute Gasteiger partial charge is 0.497 e. The highest BCUT2D eigenvalue weighted by atomic mass is 16.5. The van der Waals surface area contributed by atoms with Crippen LogP contribution < -0.4 is 4.74 Å². The van der Waals surface area contributed by atoms with Crippen LogP contribution in [0.15, 0.2) is 18.2 Å². The normalized spacial score (nSPS) is 9.08. The number of methoxy groups -OCH3 is 1. The summed E-state index contributed by atoms with van der Waals surface area (Å²) in [5.74, 6) is 0.515. The first-order valence-electron chi connectivity index (χ1n) is 3.39. The lowest BCUT2D eigenvalue weighted by Crippen LogP contribution is -1.89. The molecule has 12 heavy (non-hydrogen) atoms. The van der Waals surface area contributed by atoms with Crippen LogP contribution in [0.25, 0.3) is 0 Å². The number of carbonyl (C=O) groups excluding carboxylic acids is 2. The summed E-state index contributed by atoms with van der Waals surface area (Å²) in [5.41, 5.74) is 0.882. The molecule has 0 radical (unpaired) electrons. The second-order valence-electron chi connectivity index (χ2n) is 2.28. The summed E-state index contributed by atoms with van der Waals surface area (Å²) in [5, 5.41) is 0. The molecule has 0 aliphatic heterocycles. The standard InChI is InChI=1S/C9H8O3/c1-12-9-3-7(5-10)2-8(4-9)6-11/h2-6H,1H3. The van der Waals surface area contributed by atoms with Gasteiger partial charge in [-0.1, -0.05) is 0 Å². The summed E-state index contributed by atoms with van der Waals surface area (Å²) >= 11 is 0. The highest BCUT2D eigenvalue weighted by Gasteiger charge is 1.98. The molecule has 0 bridgehead atoms. The van der Waals surface area contributed by atoms with E-state index in [9.17, 15) is 9.59 Å². The van der Waals surface area contributed by atoms with Gasteiger partial charge in [0.2, 0.25) is 0 Å². The van der Waals surface area contributed by atoms with Crippen molar-refractivity contribution in [2.75, 3.05) is 7.11 Å². The zero-order valence-electron chi connectivity index (χ0n) is 6.61. The molecule has 0 heterocycles. The topological polar surface area (TPSA) is 43.4 Å². The smallest absolute Gasteiger partial charge is 0.150 e.